The van der Waals surface area contributed by atoms with Gasteiger partial charge in [0, 0.05) is 44.5 Å². The van der Waals surface area contributed by atoms with Crippen LogP contribution in [-0.2, 0) is 4.79 Å². The van der Waals surface area contributed by atoms with Crippen LogP contribution in [0.5, 0.6) is 0 Å². The van der Waals surface area contributed by atoms with Crippen LogP contribution in [-0.4, -0.2) is 64.2 Å². The molecule has 0 bridgehead atoms. The zero-order valence-corrected chi connectivity index (χ0v) is 15.8. The minimum absolute atomic E-state index is 0.102. The van der Waals surface area contributed by atoms with Crippen LogP contribution in [0.4, 0.5) is 10.6 Å². The van der Waals surface area contributed by atoms with Crippen LogP contribution >= 0.6 is 11.6 Å². The Kier molecular flexibility index (Phi) is 6.52. The molecule has 0 radical (unpaired) electrons. The van der Waals surface area contributed by atoms with E-state index in [-0.39, 0.29) is 12.1 Å². The van der Waals surface area contributed by atoms with Crippen molar-refractivity contribution in [2.45, 2.75) is 31.7 Å². The highest BCUT2D eigenvalue weighted by atomic mass is 35.5. The number of carbonyl (C=O) groups is 2. The third-order valence-corrected chi connectivity index (χ3v) is 5.11. The van der Waals surface area contributed by atoms with Gasteiger partial charge in [-0.3, -0.25) is 10.0 Å². The molecule has 3 amide bonds. The molecule has 2 aliphatic rings. The van der Waals surface area contributed by atoms with Crippen LogP contribution in [0.15, 0.2) is 18.3 Å². The number of nitrogens with one attached hydrogen (secondary N) is 2. The molecule has 2 fully saturated rings. The van der Waals surface area contributed by atoms with Crippen LogP contribution in [0.2, 0.25) is 5.02 Å². The number of urea groups is 1. The topological polar surface area (TPSA) is 97.8 Å². The predicted octanol–water partition coefficient (Wildman–Crippen LogP) is 2.35. The number of hydroxylamine groups is 1. The van der Waals surface area contributed by atoms with Gasteiger partial charge in [-0.05, 0) is 43.4 Å². The number of piperidine rings is 1. The number of nitrogens with zero attached hydrogens (tertiary/aromatic N) is 3. The van der Waals surface area contributed by atoms with Gasteiger partial charge in [-0.1, -0.05) is 11.6 Å². The molecule has 0 saturated carbocycles. The minimum Gasteiger partial charge on any atom is -0.364 e. The van der Waals surface area contributed by atoms with Crippen LogP contribution in [0.3, 0.4) is 0 Å². The van der Waals surface area contributed by atoms with E-state index in [2.05, 4.69) is 10.3 Å². The molecule has 146 valence electrons. The molecule has 0 spiro atoms. The number of rotatable bonds is 4. The third-order valence-electron chi connectivity index (χ3n) is 4.83. The van der Waals surface area contributed by atoms with Crippen LogP contribution in [0.25, 0.3) is 6.08 Å². The molecule has 2 saturated heterocycles. The maximum Gasteiger partial charge on any atom is 0.320 e. The summed E-state index contributed by atoms with van der Waals surface area (Å²) in [6.45, 7) is 3.06. The Bertz CT molecular complexity index is 721. The summed E-state index contributed by atoms with van der Waals surface area (Å²) in [5, 5.41) is 12.2. The summed E-state index contributed by atoms with van der Waals surface area (Å²) in [6, 6.07) is 1.91. The standard InChI is InChI=1S/C18H24ClN5O3/c19-15-10-13(4-5-16(25)22-27)11-20-17(15)21-14-6-9-24(12-14)18(26)23-7-2-1-3-8-23/h4-5,10-11,14,27H,1-3,6-9,12H2,(H,20,21)(H,22,25)/b5-4+/t14-/m1/s1. The highest BCUT2D eigenvalue weighted by Gasteiger charge is 2.30. The number of likely N-dealkylation sites (tertiary alicyclic amines) is 2. The summed E-state index contributed by atoms with van der Waals surface area (Å²) in [5.74, 6) is -0.0737. The van der Waals surface area contributed by atoms with E-state index in [9.17, 15) is 9.59 Å². The number of aromatic nitrogens is 1. The zero-order valence-electron chi connectivity index (χ0n) is 15.0. The Hall–Kier alpha value is -2.32. The van der Waals surface area contributed by atoms with E-state index >= 15 is 0 Å². The second-order valence-corrected chi connectivity index (χ2v) is 7.22. The molecule has 0 aromatic carbocycles. The number of anilines is 1. The second kappa shape index (κ2) is 9.05. The molecule has 1 atom stereocenters. The zero-order chi connectivity index (χ0) is 19.2. The third kappa shape index (κ3) is 5.11. The first-order valence-corrected chi connectivity index (χ1v) is 9.52. The fraction of sp³-hybridized carbons (Fsp3) is 0.500. The summed E-state index contributed by atoms with van der Waals surface area (Å²) in [4.78, 5) is 31.7. The molecule has 0 unspecified atom stereocenters. The Labute approximate surface area is 163 Å². The highest BCUT2D eigenvalue weighted by molar-refractivity contribution is 6.33. The number of hydrogen-bond acceptors (Lipinski definition) is 5. The molecule has 0 aliphatic carbocycles. The number of halogens is 1. The maximum atomic E-state index is 12.6. The first-order valence-electron chi connectivity index (χ1n) is 9.15. The number of carbonyl (C=O) groups excluding carboxylic acids is 2. The van der Waals surface area contributed by atoms with Gasteiger partial charge in [0.1, 0.15) is 5.82 Å². The van der Waals surface area contributed by atoms with Crippen molar-refractivity contribution in [2.24, 2.45) is 0 Å². The van der Waals surface area contributed by atoms with Crippen molar-refractivity contribution in [3.05, 3.63) is 28.9 Å². The van der Waals surface area contributed by atoms with Gasteiger partial charge in [-0.25, -0.2) is 15.3 Å². The highest BCUT2D eigenvalue weighted by Crippen LogP contribution is 2.24. The SMILES string of the molecule is O=C(/C=C/c1cnc(N[C@@H]2CCN(C(=O)N3CCCCC3)C2)c(Cl)c1)NO. The molecule has 3 N–H and O–H groups in total. The second-order valence-electron chi connectivity index (χ2n) is 6.81. The van der Waals surface area contributed by atoms with E-state index < -0.39 is 5.91 Å². The smallest absolute Gasteiger partial charge is 0.320 e. The molecule has 8 nitrogen and oxygen atoms in total. The first kappa shape index (κ1) is 19.4. The van der Waals surface area contributed by atoms with Crippen molar-refractivity contribution < 1.29 is 14.8 Å². The van der Waals surface area contributed by atoms with Gasteiger partial charge in [0.25, 0.3) is 5.91 Å². The lowest BCUT2D eigenvalue weighted by Crippen LogP contribution is -2.45. The monoisotopic (exact) mass is 393 g/mol. The van der Waals surface area contributed by atoms with Crippen LogP contribution < -0.4 is 10.8 Å². The minimum atomic E-state index is -0.627. The normalized spacial score (nSPS) is 20.1. The van der Waals surface area contributed by atoms with E-state index in [4.69, 9.17) is 16.8 Å². The lowest BCUT2D eigenvalue weighted by atomic mass is 10.1. The molecule has 9 heteroatoms. The van der Waals surface area contributed by atoms with E-state index in [1.807, 2.05) is 9.80 Å². The van der Waals surface area contributed by atoms with Gasteiger partial charge in [-0.2, -0.15) is 0 Å². The average molecular weight is 394 g/mol. The predicted molar refractivity (Wildman–Crippen MR) is 103 cm³/mol. The van der Waals surface area contributed by atoms with Gasteiger partial charge in [0.05, 0.1) is 5.02 Å². The Morgan fingerprint density at radius 1 is 1.22 bits per heavy atom. The van der Waals surface area contributed by atoms with Crippen molar-refractivity contribution in [1.29, 1.82) is 0 Å². The molecule has 3 heterocycles. The summed E-state index contributed by atoms with van der Waals surface area (Å²) >= 11 is 6.28. The lowest BCUT2D eigenvalue weighted by Gasteiger charge is -2.31. The van der Waals surface area contributed by atoms with Crippen molar-refractivity contribution in [3.63, 3.8) is 0 Å². The molecule has 1 aromatic heterocycles. The van der Waals surface area contributed by atoms with Gasteiger partial charge in [0.2, 0.25) is 0 Å². The van der Waals surface area contributed by atoms with Crippen LogP contribution in [0, 0.1) is 0 Å². The van der Waals surface area contributed by atoms with Crippen molar-refractivity contribution in [2.75, 3.05) is 31.5 Å². The Morgan fingerprint density at radius 2 is 2.00 bits per heavy atom. The van der Waals surface area contributed by atoms with E-state index in [1.54, 1.807) is 12.3 Å². The lowest BCUT2D eigenvalue weighted by molar-refractivity contribution is -0.124. The van der Waals surface area contributed by atoms with E-state index in [0.29, 0.717) is 22.9 Å². The number of hydrogen-bond donors (Lipinski definition) is 3. The number of pyridine rings is 1. The molecular formula is C18H24ClN5O3. The fourth-order valence-electron chi connectivity index (χ4n) is 3.39. The molecular weight excluding hydrogens is 370 g/mol. The van der Waals surface area contributed by atoms with Gasteiger partial charge in [0.15, 0.2) is 0 Å². The van der Waals surface area contributed by atoms with Crippen LogP contribution in [0.1, 0.15) is 31.2 Å². The summed E-state index contributed by atoms with van der Waals surface area (Å²) in [7, 11) is 0. The molecule has 3 rings (SSSR count). The van der Waals surface area contributed by atoms with Gasteiger partial charge in [-0.15, -0.1) is 0 Å². The summed E-state index contributed by atoms with van der Waals surface area (Å²) in [5.41, 5.74) is 2.16. The maximum absolute atomic E-state index is 12.6. The van der Waals surface area contributed by atoms with E-state index in [1.165, 1.54) is 24.1 Å². The largest absolute Gasteiger partial charge is 0.364 e. The van der Waals surface area contributed by atoms with Crippen molar-refractivity contribution in [1.82, 2.24) is 20.3 Å². The fourth-order valence-corrected chi connectivity index (χ4v) is 3.62. The van der Waals surface area contributed by atoms with Gasteiger partial charge < -0.3 is 15.1 Å². The van der Waals surface area contributed by atoms with Crippen molar-refractivity contribution >= 4 is 35.4 Å². The molecule has 2 aliphatic heterocycles. The summed E-state index contributed by atoms with van der Waals surface area (Å²) < 4.78 is 0. The average Bonchev–Trinajstić information content (AvgIpc) is 3.16. The van der Waals surface area contributed by atoms with Crippen molar-refractivity contribution in [3.8, 4) is 0 Å². The summed E-state index contributed by atoms with van der Waals surface area (Å²) in [6.07, 6.45) is 8.48. The van der Waals surface area contributed by atoms with E-state index in [0.717, 1.165) is 38.9 Å². The molecule has 1 aromatic rings. The quantitative estimate of drug-likeness (QED) is 0.414. The van der Waals surface area contributed by atoms with Gasteiger partial charge >= 0.3 is 6.03 Å². The molecule has 27 heavy (non-hydrogen) atoms. The Morgan fingerprint density at radius 3 is 2.70 bits per heavy atom. The Balaban J connectivity index is 1.55. The number of amides is 3. The first-order chi connectivity index (χ1) is 13.1.